The Morgan fingerprint density at radius 2 is 1.78 bits per heavy atom. The van der Waals surface area contributed by atoms with E-state index in [2.05, 4.69) is 28.4 Å². The third kappa shape index (κ3) is 3.89. The normalized spacial score (nSPS) is 22.3. The number of likely N-dealkylation sites (tertiary alicyclic amines) is 1. The second-order valence-electron chi connectivity index (χ2n) is 9.75. The molecule has 2 amide bonds. The Balaban J connectivity index is 1.10. The summed E-state index contributed by atoms with van der Waals surface area (Å²) in [4.78, 5) is 28.1. The number of hydrogen-bond acceptors (Lipinski definition) is 3. The second-order valence-corrected chi connectivity index (χ2v) is 9.75. The van der Waals surface area contributed by atoms with Gasteiger partial charge in [0.25, 0.3) is 0 Å². The van der Waals surface area contributed by atoms with E-state index in [1.54, 1.807) is 7.11 Å². The van der Waals surface area contributed by atoms with Crippen molar-refractivity contribution in [3.8, 4) is 5.75 Å². The van der Waals surface area contributed by atoms with Crippen molar-refractivity contribution in [2.45, 2.75) is 43.9 Å². The molecule has 2 aromatic carbocycles. The number of benzene rings is 2. The molecule has 5 rings (SSSR count). The number of rotatable bonds is 7. The topological polar surface area (TPSA) is 58.6 Å². The van der Waals surface area contributed by atoms with Gasteiger partial charge in [-0.2, -0.15) is 0 Å². The van der Waals surface area contributed by atoms with Gasteiger partial charge >= 0.3 is 0 Å². The summed E-state index contributed by atoms with van der Waals surface area (Å²) in [7, 11) is 1.67. The van der Waals surface area contributed by atoms with E-state index in [1.807, 2.05) is 36.4 Å². The Kier molecular flexibility index (Phi) is 5.44. The Hall–Kier alpha value is -2.82. The van der Waals surface area contributed by atoms with E-state index in [9.17, 15) is 9.59 Å². The predicted octanol–water partition coefficient (Wildman–Crippen LogP) is 3.71. The Morgan fingerprint density at radius 3 is 2.47 bits per heavy atom. The number of carbonyl (C=O) groups excluding carboxylic acids is 2. The first-order valence-electron chi connectivity index (χ1n) is 11.8. The van der Waals surface area contributed by atoms with Crippen LogP contribution in [-0.2, 0) is 21.4 Å². The number of amides is 2. The van der Waals surface area contributed by atoms with E-state index < -0.39 is 0 Å². The van der Waals surface area contributed by atoms with Crippen LogP contribution in [-0.4, -0.2) is 43.5 Å². The van der Waals surface area contributed by atoms with Crippen molar-refractivity contribution in [2.75, 3.05) is 26.7 Å². The number of ether oxygens (including phenoxy) is 1. The number of carbonyl (C=O) groups is 2. The van der Waals surface area contributed by atoms with Crippen molar-refractivity contribution in [1.82, 2.24) is 10.2 Å². The van der Waals surface area contributed by atoms with E-state index >= 15 is 0 Å². The zero-order chi connectivity index (χ0) is 22.2. The molecule has 1 heterocycles. The minimum absolute atomic E-state index is 0.106. The molecule has 0 unspecified atom stereocenters. The molecule has 2 aromatic rings. The Morgan fingerprint density at radius 1 is 1.03 bits per heavy atom. The summed E-state index contributed by atoms with van der Waals surface area (Å²) in [5.41, 5.74) is 2.14. The van der Waals surface area contributed by atoms with Crippen LogP contribution in [0.5, 0.6) is 5.75 Å². The lowest BCUT2D eigenvalue weighted by molar-refractivity contribution is -0.135. The SMILES string of the molecule is COc1cccc(CCNC(=O)[C@@H]2CC23CCN(C(=O)C2(c4ccccc4)CC2)CC3)c1. The van der Waals surface area contributed by atoms with Crippen molar-refractivity contribution in [3.05, 3.63) is 65.7 Å². The Labute approximate surface area is 190 Å². The summed E-state index contributed by atoms with van der Waals surface area (Å²) in [6, 6.07) is 18.2. The van der Waals surface area contributed by atoms with Gasteiger partial charge in [-0.05, 0) is 67.2 Å². The molecule has 5 nitrogen and oxygen atoms in total. The molecule has 168 valence electrons. The average Bonchev–Trinajstić information content (AvgIpc) is 3.76. The van der Waals surface area contributed by atoms with Gasteiger partial charge in [-0.25, -0.2) is 0 Å². The summed E-state index contributed by atoms with van der Waals surface area (Å²) in [5, 5.41) is 3.13. The first kappa shape index (κ1) is 21.0. The lowest BCUT2D eigenvalue weighted by Crippen LogP contribution is -2.45. The molecule has 1 saturated heterocycles. The van der Waals surface area contributed by atoms with Crippen LogP contribution in [0.4, 0.5) is 0 Å². The lowest BCUT2D eigenvalue weighted by atomic mass is 9.88. The van der Waals surface area contributed by atoms with Crippen LogP contribution >= 0.6 is 0 Å². The summed E-state index contributed by atoms with van der Waals surface area (Å²) in [6.45, 7) is 2.20. The van der Waals surface area contributed by atoms with Gasteiger partial charge in [0.05, 0.1) is 12.5 Å². The minimum atomic E-state index is -0.286. The fraction of sp³-hybridized carbons (Fsp3) is 0.481. The summed E-state index contributed by atoms with van der Waals surface area (Å²) < 4.78 is 5.27. The number of piperidine rings is 1. The van der Waals surface area contributed by atoms with Crippen molar-refractivity contribution in [2.24, 2.45) is 11.3 Å². The first-order chi connectivity index (χ1) is 15.6. The van der Waals surface area contributed by atoms with Crippen LogP contribution < -0.4 is 10.1 Å². The highest BCUT2D eigenvalue weighted by Crippen LogP contribution is 2.60. The highest BCUT2D eigenvalue weighted by atomic mass is 16.5. The van der Waals surface area contributed by atoms with Gasteiger partial charge in [0.2, 0.25) is 11.8 Å². The van der Waals surface area contributed by atoms with Crippen molar-refractivity contribution >= 4 is 11.8 Å². The molecule has 1 aliphatic heterocycles. The number of nitrogens with one attached hydrogen (secondary N) is 1. The van der Waals surface area contributed by atoms with Gasteiger partial charge in [-0.3, -0.25) is 9.59 Å². The zero-order valence-electron chi connectivity index (χ0n) is 18.8. The van der Waals surface area contributed by atoms with Gasteiger partial charge in [0, 0.05) is 25.6 Å². The second kappa shape index (κ2) is 8.27. The quantitative estimate of drug-likeness (QED) is 0.726. The van der Waals surface area contributed by atoms with E-state index in [0.29, 0.717) is 12.5 Å². The highest BCUT2D eigenvalue weighted by molar-refractivity contribution is 5.91. The molecular weight excluding hydrogens is 400 g/mol. The van der Waals surface area contributed by atoms with Crippen molar-refractivity contribution in [1.29, 1.82) is 0 Å². The molecule has 3 fully saturated rings. The standard InChI is InChI=1S/C27H32N2O3/c1-32-22-9-5-6-20(18-22)10-15-28-24(30)23-19-26(23)13-16-29(17-14-26)25(31)27(11-12-27)21-7-3-2-4-8-21/h2-9,18,23H,10-17,19H2,1H3,(H,28,30)/t23-/m0/s1. The monoisotopic (exact) mass is 432 g/mol. The highest BCUT2D eigenvalue weighted by Gasteiger charge is 2.60. The van der Waals surface area contributed by atoms with Crippen LogP contribution in [0, 0.1) is 11.3 Å². The van der Waals surface area contributed by atoms with E-state index in [-0.39, 0.29) is 22.7 Å². The average molecular weight is 433 g/mol. The molecule has 1 atom stereocenters. The molecule has 1 N–H and O–H groups in total. The molecule has 2 saturated carbocycles. The zero-order valence-corrected chi connectivity index (χ0v) is 18.8. The lowest BCUT2D eigenvalue weighted by Gasteiger charge is -2.35. The number of hydrogen-bond donors (Lipinski definition) is 1. The van der Waals surface area contributed by atoms with Gasteiger partial charge in [0.1, 0.15) is 5.75 Å². The molecule has 0 aromatic heterocycles. The molecule has 2 aliphatic carbocycles. The molecular formula is C27H32N2O3. The fourth-order valence-electron chi connectivity index (χ4n) is 5.52. The van der Waals surface area contributed by atoms with Crippen LogP contribution in [0.15, 0.2) is 54.6 Å². The summed E-state index contributed by atoms with van der Waals surface area (Å²) >= 11 is 0. The van der Waals surface area contributed by atoms with Crippen LogP contribution in [0.1, 0.15) is 43.2 Å². The molecule has 0 radical (unpaired) electrons. The van der Waals surface area contributed by atoms with Crippen LogP contribution in [0.2, 0.25) is 0 Å². The third-order valence-corrected chi connectivity index (χ3v) is 7.89. The predicted molar refractivity (Wildman–Crippen MR) is 123 cm³/mol. The smallest absolute Gasteiger partial charge is 0.233 e. The summed E-state index contributed by atoms with van der Waals surface area (Å²) in [5.74, 6) is 1.42. The molecule has 1 spiro atoms. The van der Waals surface area contributed by atoms with Gasteiger partial charge in [-0.1, -0.05) is 42.5 Å². The van der Waals surface area contributed by atoms with Gasteiger partial charge in [-0.15, -0.1) is 0 Å². The van der Waals surface area contributed by atoms with Gasteiger partial charge in [0.15, 0.2) is 0 Å². The molecule has 3 aliphatic rings. The maximum Gasteiger partial charge on any atom is 0.233 e. The van der Waals surface area contributed by atoms with Gasteiger partial charge < -0.3 is 15.0 Å². The van der Waals surface area contributed by atoms with Crippen LogP contribution in [0.3, 0.4) is 0 Å². The number of nitrogens with zero attached hydrogens (tertiary/aromatic N) is 1. The largest absolute Gasteiger partial charge is 0.497 e. The van der Waals surface area contributed by atoms with Crippen molar-refractivity contribution in [3.63, 3.8) is 0 Å². The maximum atomic E-state index is 13.3. The van der Waals surface area contributed by atoms with E-state index in [1.165, 1.54) is 0 Å². The maximum absolute atomic E-state index is 13.3. The number of methoxy groups -OCH3 is 1. The molecule has 0 bridgehead atoms. The minimum Gasteiger partial charge on any atom is -0.497 e. The third-order valence-electron chi connectivity index (χ3n) is 7.89. The Bertz CT molecular complexity index is 991. The van der Waals surface area contributed by atoms with Crippen LogP contribution in [0.25, 0.3) is 0 Å². The van der Waals surface area contributed by atoms with E-state index in [4.69, 9.17) is 4.74 Å². The summed E-state index contributed by atoms with van der Waals surface area (Å²) in [6.07, 6.45) is 5.55. The molecule has 32 heavy (non-hydrogen) atoms. The fourth-order valence-corrected chi connectivity index (χ4v) is 5.52. The van der Waals surface area contributed by atoms with E-state index in [0.717, 1.165) is 68.5 Å². The first-order valence-corrected chi connectivity index (χ1v) is 11.8. The van der Waals surface area contributed by atoms with Crippen molar-refractivity contribution < 1.29 is 14.3 Å². The molecule has 5 heteroatoms.